The molecular weight excluding hydrogens is 613 g/mol. The van der Waals surface area contributed by atoms with Gasteiger partial charge >= 0.3 is 0 Å². The fourth-order valence-electron chi connectivity index (χ4n) is 6.98. The highest BCUT2D eigenvalue weighted by Crippen LogP contribution is 2.37. The summed E-state index contributed by atoms with van der Waals surface area (Å²) < 4.78 is 0. The number of benzene rings is 3. The molecule has 0 fully saturated rings. The van der Waals surface area contributed by atoms with E-state index in [0.29, 0.717) is 0 Å². The summed E-state index contributed by atoms with van der Waals surface area (Å²) in [6.45, 7) is 7.59. The lowest BCUT2D eigenvalue weighted by molar-refractivity contribution is 0.695. The largest absolute Gasteiger partial charge is 0.397 e. The fourth-order valence-corrected chi connectivity index (χ4v) is 6.98. The van der Waals surface area contributed by atoms with Crippen molar-refractivity contribution in [1.29, 1.82) is 0 Å². The minimum absolute atomic E-state index is 0.0666. The number of hydrogen-bond donors (Lipinski definition) is 2. The minimum Gasteiger partial charge on any atom is -0.397 e. The standard InChI is InChI=1S/C44H44N6/c1-3-41(50(36-19-9-5-10-20-36)42-25-16-13-21-37(42)45)33(31-32(2)44-47-38-22-14-15-23-39(38)48-44)27-28-34-29-30-49(35-17-7-4-8-18-35)43-26-12-6-11-24-40(43)46-34/h4-25,27-28,31,38-39,41H,2-3,26,29-30,45H2,1H3,(H,47,48)/b28-27+,33-31+. The quantitative estimate of drug-likeness (QED) is 0.169. The Morgan fingerprint density at radius 1 is 0.980 bits per heavy atom. The van der Waals surface area contributed by atoms with Crippen LogP contribution in [0, 0.1) is 0 Å². The molecule has 0 saturated carbocycles. The summed E-state index contributed by atoms with van der Waals surface area (Å²) in [5.74, 6) is 0.818. The Labute approximate surface area is 296 Å². The van der Waals surface area contributed by atoms with E-state index in [0.717, 1.165) is 71.3 Å². The molecule has 2 heterocycles. The molecule has 3 N–H and O–H groups in total. The summed E-state index contributed by atoms with van der Waals surface area (Å²) in [4.78, 5) is 15.0. The molecule has 0 saturated heterocycles. The van der Waals surface area contributed by atoms with E-state index >= 15 is 0 Å². The minimum atomic E-state index is -0.0666. The van der Waals surface area contributed by atoms with E-state index in [1.165, 1.54) is 11.4 Å². The van der Waals surface area contributed by atoms with Crippen LogP contribution >= 0.6 is 0 Å². The predicted octanol–water partition coefficient (Wildman–Crippen LogP) is 9.17. The molecule has 2 aliphatic heterocycles. The number of amidine groups is 1. The molecule has 2 aliphatic carbocycles. The molecule has 3 unspecified atom stereocenters. The van der Waals surface area contributed by atoms with E-state index in [4.69, 9.17) is 15.7 Å². The molecule has 6 nitrogen and oxygen atoms in total. The third kappa shape index (κ3) is 7.10. The molecule has 0 spiro atoms. The van der Waals surface area contributed by atoms with Crippen molar-refractivity contribution in [2.75, 3.05) is 22.1 Å². The maximum Gasteiger partial charge on any atom is 0.128 e. The first-order chi connectivity index (χ1) is 24.6. The fraction of sp³-hybridized carbons (Fsp3) is 0.182. The highest BCUT2D eigenvalue weighted by molar-refractivity contribution is 6.02. The zero-order chi connectivity index (χ0) is 34.3. The molecule has 4 aliphatic rings. The van der Waals surface area contributed by atoms with Gasteiger partial charge in [-0.25, -0.2) is 0 Å². The average molecular weight is 657 g/mol. The lowest BCUT2D eigenvalue weighted by atomic mass is 9.96. The molecule has 0 radical (unpaired) electrons. The molecule has 7 rings (SSSR count). The van der Waals surface area contributed by atoms with Crippen molar-refractivity contribution < 1.29 is 0 Å². The van der Waals surface area contributed by atoms with Gasteiger partial charge in [0, 0.05) is 47.7 Å². The van der Waals surface area contributed by atoms with Crippen LogP contribution in [0.5, 0.6) is 0 Å². The number of rotatable bonds is 10. The summed E-state index contributed by atoms with van der Waals surface area (Å²) in [7, 11) is 0. The third-order valence-corrected chi connectivity index (χ3v) is 9.47. The van der Waals surface area contributed by atoms with Crippen LogP contribution in [0.15, 0.2) is 191 Å². The second kappa shape index (κ2) is 15.1. The molecule has 3 aromatic rings. The lowest BCUT2D eigenvalue weighted by Crippen LogP contribution is -2.34. The number of nitrogens with two attached hydrogens (primary N) is 1. The van der Waals surface area contributed by atoms with E-state index in [-0.39, 0.29) is 18.1 Å². The van der Waals surface area contributed by atoms with Gasteiger partial charge in [0.25, 0.3) is 0 Å². The Hall–Kier alpha value is -5.88. The van der Waals surface area contributed by atoms with Gasteiger partial charge in [0.05, 0.1) is 35.2 Å². The van der Waals surface area contributed by atoms with Gasteiger partial charge < -0.3 is 20.9 Å². The van der Waals surface area contributed by atoms with Crippen molar-refractivity contribution in [2.45, 2.75) is 44.3 Å². The molecule has 6 heteroatoms. The van der Waals surface area contributed by atoms with Crippen molar-refractivity contribution in [1.82, 2.24) is 5.32 Å². The van der Waals surface area contributed by atoms with Gasteiger partial charge in [-0.3, -0.25) is 9.98 Å². The Morgan fingerprint density at radius 2 is 1.74 bits per heavy atom. The zero-order valence-corrected chi connectivity index (χ0v) is 28.6. The van der Waals surface area contributed by atoms with Gasteiger partial charge in [-0.15, -0.1) is 0 Å². The van der Waals surface area contributed by atoms with Crippen LogP contribution in [0.3, 0.4) is 0 Å². The zero-order valence-electron chi connectivity index (χ0n) is 28.6. The Kier molecular flexibility index (Phi) is 9.88. The monoisotopic (exact) mass is 656 g/mol. The van der Waals surface area contributed by atoms with Gasteiger partial charge in [0.2, 0.25) is 0 Å². The second-order valence-electron chi connectivity index (χ2n) is 12.8. The van der Waals surface area contributed by atoms with Crippen LogP contribution in [-0.2, 0) is 0 Å². The molecule has 0 aromatic heterocycles. The number of nitrogens with zero attached hydrogens (tertiary/aromatic N) is 4. The molecule has 3 aromatic carbocycles. The highest BCUT2D eigenvalue weighted by atomic mass is 15.2. The van der Waals surface area contributed by atoms with Crippen LogP contribution in [-0.4, -0.2) is 36.2 Å². The summed E-state index contributed by atoms with van der Waals surface area (Å²) in [5.41, 5.74) is 15.8. The molecule has 0 amide bonds. The normalized spacial score (nSPS) is 20.4. The first kappa shape index (κ1) is 32.7. The number of allylic oxidation sites excluding steroid dienone is 7. The molecule has 50 heavy (non-hydrogen) atoms. The van der Waals surface area contributed by atoms with Crippen molar-refractivity contribution in [2.24, 2.45) is 9.98 Å². The number of hydrogen-bond acceptors (Lipinski definition) is 6. The molecule has 250 valence electrons. The van der Waals surface area contributed by atoms with Gasteiger partial charge in [0.15, 0.2) is 0 Å². The first-order valence-electron chi connectivity index (χ1n) is 17.5. The number of fused-ring (bicyclic) bond motifs is 1. The Morgan fingerprint density at radius 3 is 2.52 bits per heavy atom. The number of nitrogen functional groups attached to an aromatic ring is 1. The molecule has 0 bridgehead atoms. The van der Waals surface area contributed by atoms with E-state index in [1.54, 1.807) is 0 Å². The van der Waals surface area contributed by atoms with Crippen molar-refractivity contribution in [3.8, 4) is 0 Å². The van der Waals surface area contributed by atoms with Crippen molar-refractivity contribution >= 4 is 34.3 Å². The summed E-state index contributed by atoms with van der Waals surface area (Å²) in [6, 6.07) is 29.3. The van der Waals surface area contributed by atoms with E-state index < -0.39 is 0 Å². The molecular formula is C44H44N6. The first-order valence-corrected chi connectivity index (χ1v) is 17.5. The number of para-hydroxylation sites is 4. The van der Waals surface area contributed by atoms with Crippen LogP contribution in [0.2, 0.25) is 0 Å². The van der Waals surface area contributed by atoms with E-state index in [2.05, 4.69) is 156 Å². The summed E-state index contributed by atoms with van der Waals surface area (Å²) in [6.07, 6.45) is 26.0. The van der Waals surface area contributed by atoms with Gasteiger partial charge in [-0.2, -0.15) is 0 Å². The van der Waals surface area contributed by atoms with E-state index in [9.17, 15) is 0 Å². The second-order valence-corrected chi connectivity index (χ2v) is 12.8. The Balaban J connectivity index is 1.29. The predicted molar refractivity (Wildman–Crippen MR) is 212 cm³/mol. The van der Waals surface area contributed by atoms with Crippen molar-refractivity contribution in [3.05, 3.63) is 181 Å². The number of anilines is 4. The summed E-state index contributed by atoms with van der Waals surface area (Å²) in [5, 5.41) is 3.59. The van der Waals surface area contributed by atoms with E-state index in [1.807, 2.05) is 24.3 Å². The molecule has 3 atom stereocenters. The van der Waals surface area contributed by atoms with Crippen LogP contribution in [0.25, 0.3) is 0 Å². The van der Waals surface area contributed by atoms with Crippen LogP contribution < -0.4 is 20.9 Å². The topological polar surface area (TPSA) is 69.2 Å². The van der Waals surface area contributed by atoms with Gasteiger partial charge in [-0.1, -0.05) is 111 Å². The van der Waals surface area contributed by atoms with Gasteiger partial charge in [-0.05, 0) is 66.6 Å². The van der Waals surface area contributed by atoms with Crippen LogP contribution in [0.4, 0.5) is 22.7 Å². The highest BCUT2D eigenvalue weighted by Gasteiger charge is 2.28. The van der Waals surface area contributed by atoms with Crippen LogP contribution in [0.1, 0.15) is 26.2 Å². The summed E-state index contributed by atoms with van der Waals surface area (Å²) >= 11 is 0. The lowest BCUT2D eigenvalue weighted by Gasteiger charge is -2.35. The average Bonchev–Trinajstić information content (AvgIpc) is 3.36. The Bertz CT molecular complexity index is 1990. The van der Waals surface area contributed by atoms with Crippen molar-refractivity contribution in [3.63, 3.8) is 0 Å². The number of aliphatic imine (C=N–C) groups is 2. The maximum absolute atomic E-state index is 6.68. The third-order valence-electron chi connectivity index (χ3n) is 9.47. The van der Waals surface area contributed by atoms with Gasteiger partial charge in [0.1, 0.15) is 5.84 Å². The maximum atomic E-state index is 6.68. The SMILES string of the molecule is C=C(/C=C(\C=C\C1=NC2=C(CC=CC=C2)N(c2ccccc2)CC1)C(CC)N(c1ccccc1)c1ccccc1N)C1=NC2C=CC=CC2N1. The number of nitrogens with one attached hydrogen (secondary N) is 1. The smallest absolute Gasteiger partial charge is 0.128 e.